The molecule has 0 bridgehead atoms. The van der Waals surface area contributed by atoms with Gasteiger partial charge in [0.25, 0.3) is 0 Å². The van der Waals surface area contributed by atoms with Gasteiger partial charge in [-0.15, -0.1) is 0 Å². The summed E-state index contributed by atoms with van der Waals surface area (Å²) >= 11 is 0. The lowest BCUT2D eigenvalue weighted by Gasteiger charge is -2.24. The predicted molar refractivity (Wildman–Crippen MR) is 87.1 cm³/mol. The molecule has 0 aromatic heterocycles. The Balaban J connectivity index is 1.91. The van der Waals surface area contributed by atoms with E-state index in [0.717, 1.165) is 31.2 Å². The highest BCUT2D eigenvalue weighted by molar-refractivity contribution is 5.77. The van der Waals surface area contributed by atoms with Crippen LogP contribution in [0.3, 0.4) is 0 Å². The molecule has 1 aromatic carbocycles. The zero-order chi connectivity index (χ0) is 15.5. The first kappa shape index (κ1) is 16.0. The van der Waals surface area contributed by atoms with Gasteiger partial charge in [-0.2, -0.15) is 0 Å². The van der Waals surface area contributed by atoms with Gasteiger partial charge in [-0.1, -0.05) is 51.0 Å². The molecule has 1 aromatic rings. The van der Waals surface area contributed by atoms with Gasteiger partial charge in [0, 0.05) is 12.0 Å². The van der Waals surface area contributed by atoms with E-state index in [0.29, 0.717) is 12.3 Å². The summed E-state index contributed by atoms with van der Waals surface area (Å²) in [6.07, 6.45) is 4.68. The van der Waals surface area contributed by atoms with Crippen LogP contribution < -0.4 is 11.1 Å². The molecule has 3 heteroatoms. The Labute approximate surface area is 128 Å². The average Bonchev–Trinajstić information content (AvgIpc) is 2.84. The van der Waals surface area contributed by atoms with Crippen LogP contribution >= 0.6 is 0 Å². The highest BCUT2D eigenvalue weighted by atomic mass is 16.1. The van der Waals surface area contributed by atoms with E-state index in [-0.39, 0.29) is 17.5 Å². The fraction of sp³-hybridized carbons (Fsp3) is 0.611. The monoisotopic (exact) mass is 288 g/mol. The molecule has 1 aliphatic rings. The van der Waals surface area contributed by atoms with Gasteiger partial charge in [0.2, 0.25) is 5.91 Å². The molecule has 3 N–H and O–H groups in total. The number of carbonyl (C=O) groups is 1. The van der Waals surface area contributed by atoms with E-state index in [1.807, 2.05) is 6.92 Å². The highest BCUT2D eigenvalue weighted by Crippen LogP contribution is 2.30. The summed E-state index contributed by atoms with van der Waals surface area (Å²) < 4.78 is 0. The molecule has 0 radical (unpaired) electrons. The van der Waals surface area contributed by atoms with E-state index < -0.39 is 0 Å². The molecule has 0 spiro atoms. The van der Waals surface area contributed by atoms with Crippen molar-refractivity contribution in [1.82, 2.24) is 5.32 Å². The number of hydrogen-bond acceptors (Lipinski definition) is 2. The van der Waals surface area contributed by atoms with Crippen molar-refractivity contribution in [1.29, 1.82) is 0 Å². The lowest BCUT2D eigenvalue weighted by atomic mass is 9.94. The fourth-order valence-electron chi connectivity index (χ4n) is 3.12. The zero-order valence-electron chi connectivity index (χ0n) is 13.5. The molecule has 0 heterocycles. The summed E-state index contributed by atoms with van der Waals surface area (Å²) in [5.74, 6) is 0.600. The fourth-order valence-corrected chi connectivity index (χ4v) is 3.12. The molecular formula is C18H28N2O. The maximum Gasteiger partial charge on any atom is 0.222 e. The number of benzene rings is 1. The van der Waals surface area contributed by atoms with Crippen molar-refractivity contribution in [2.45, 2.75) is 70.4 Å². The second kappa shape index (κ2) is 6.61. The molecule has 1 unspecified atom stereocenters. The van der Waals surface area contributed by atoms with Crippen molar-refractivity contribution in [2.75, 3.05) is 0 Å². The number of carbonyl (C=O) groups excluding carboxylic acids is 1. The van der Waals surface area contributed by atoms with Gasteiger partial charge >= 0.3 is 0 Å². The molecular weight excluding hydrogens is 260 g/mol. The first-order valence-electron chi connectivity index (χ1n) is 8.08. The standard InChI is InChI=1S/C18H28N2O/c1-13(2)15-6-8-16(9-7-15)14(3)20-17(21)12-18(19)10-4-5-11-18/h6-9,13-14H,4-5,10-12,19H2,1-3H3,(H,20,21). The Hall–Kier alpha value is -1.35. The first-order valence-corrected chi connectivity index (χ1v) is 8.08. The molecule has 1 amide bonds. The maximum absolute atomic E-state index is 12.2. The summed E-state index contributed by atoms with van der Waals surface area (Å²) in [5, 5.41) is 3.08. The van der Waals surface area contributed by atoms with E-state index in [4.69, 9.17) is 5.73 Å². The van der Waals surface area contributed by atoms with Gasteiger partial charge in [0.15, 0.2) is 0 Å². The van der Waals surface area contributed by atoms with Crippen molar-refractivity contribution in [3.63, 3.8) is 0 Å². The number of rotatable bonds is 5. The maximum atomic E-state index is 12.2. The molecule has 21 heavy (non-hydrogen) atoms. The molecule has 1 saturated carbocycles. The van der Waals surface area contributed by atoms with Crippen LogP contribution in [0.25, 0.3) is 0 Å². The van der Waals surface area contributed by atoms with Crippen molar-refractivity contribution < 1.29 is 4.79 Å². The molecule has 3 nitrogen and oxygen atoms in total. The van der Waals surface area contributed by atoms with Gasteiger partial charge in [-0.05, 0) is 36.8 Å². The summed E-state index contributed by atoms with van der Waals surface area (Å²) in [6.45, 7) is 6.39. The van der Waals surface area contributed by atoms with Crippen molar-refractivity contribution >= 4 is 5.91 Å². The smallest absolute Gasteiger partial charge is 0.222 e. The molecule has 1 fully saturated rings. The average molecular weight is 288 g/mol. The van der Waals surface area contributed by atoms with E-state index in [1.54, 1.807) is 0 Å². The van der Waals surface area contributed by atoms with Crippen LogP contribution in [0.2, 0.25) is 0 Å². The van der Waals surface area contributed by atoms with E-state index in [1.165, 1.54) is 5.56 Å². The van der Waals surface area contributed by atoms with Crippen LogP contribution in [0, 0.1) is 0 Å². The third-order valence-electron chi connectivity index (χ3n) is 4.59. The van der Waals surface area contributed by atoms with Gasteiger partial charge in [-0.25, -0.2) is 0 Å². The van der Waals surface area contributed by atoms with Gasteiger partial charge in [0.05, 0.1) is 6.04 Å². The van der Waals surface area contributed by atoms with Gasteiger partial charge in [-0.3, -0.25) is 4.79 Å². The van der Waals surface area contributed by atoms with Crippen LogP contribution in [-0.4, -0.2) is 11.4 Å². The second-order valence-electron chi connectivity index (χ2n) is 6.86. The summed E-state index contributed by atoms with van der Waals surface area (Å²) in [6, 6.07) is 8.53. The van der Waals surface area contributed by atoms with Gasteiger partial charge in [0.1, 0.15) is 0 Å². The lowest BCUT2D eigenvalue weighted by Crippen LogP contribution is -2.42. The third kappa shape index (κ3) is 4.31. The molecule has 1 aliphatic carbocycles. The second-order valence-corrected chi connectivity index (χ2v) is 6.86. The predicted octanol–water partition coefficient (Wildman–Crippen LogP) is 3.65. The molecule has 1 atom stereocenters. The van der Waals surface area contributed by atoms with Crippen molar-refractivity contribution in [3.05, 3.63) is 35.4 Å². The largest absolute Gasteiger partial charge is 0.350 e. The van der Waals surface area contributed by atoms with E-state index in [2.05, 4.69) is 43.4 Å². The third-order valence-corrected chi connectivity index (χ3v) is 4.59. The number of hydrogen-bond donors (Lipinski definition) is 2. The Morgan fingerprint density at radius 3 is 2.19 bits per heavy atom. The Morgan fingerprint density at radius 2 is 1.67 bits per heavy atom. The van der Waals surface area contributed by atoms with Crippen LogP contribution in [0.5, 0.6) is 0 Å². The van der Waals surface area contributed by atoms with Crippen LogP contribution in [0.15, 0.2) is 24.3 Å². The molecule has 116 valence electrons. The lowest BCUT2D eigenvalue weighted by molar-refractivity contribution is -0.122. The van der Waals surface area contributed by atoms with E-state index in [9.17, 15) is 4.79 Å². The minimum absolute atomic E-state index is 0.0312. The topological polar surface area (TPSA) is 55.1 Å². The van der Waals surface area contributed by atoms with Gasteiger partial charge < -0.3 is 11.1 Å². The summed E-state index contributed by atoms with van der Waals surface area (Å²) in [5.41, 5.74) is 8.46. The number of amides is 1. The summed E-state index contributed by atoms with van der Waals surface area (Å²) in [7, 11) is 0. The minimum atomic E-state index is -0.273. The van der Waals surface area contributed by atoms with E-state index >= 15 is 0 Å². The molecule has 0 aliphatic heterocycles. The first-order chi connectivity index (χ1) is 9.89. The zero-order valence-corrected chi connectivity index (χ0v) is 13.5. The minimum Gasteiger partial charge on any atom is -0.350 e. The summed E-state index contributed by atoms with van der Waals surface area (Å²) in [4.78, 5) is 12.2. The Bertz CT molecular complexity index is 472. The van der Waals surface area contributed by atoms with Crippen LogP contribution in [0.4, 0.5) is 0 Å². The van der Waals surface area contributed by atoms with Crippen LogP contribution in [-0.2, 0) is 4.79 Å². The van der Waals surface area contributed by atoms with Crippen molar-refractivity contribution in [2.24, 2.45) is 5.73 Å². The number of nitrogens with two attached hydrogens (primary N) is 1. The molecule has 2 rings (SSSR count). The SMILES string of the molecule is CC(C)c1ccc(C(C)NC(=O)CC2(N)CCCC2)cc1. The quantitative estimate of drug-likeness (QED) is 0.869. The Kier molecular flexibility index (Phi) is 5.04. The normalized spacial score (nSPS) is 18.7. The van der Waals surface area contributed by atoms with Crippen molar-refractivity contribution in [3.8, 4) is 0 Å². The highest BCUT2D eigenvalue weighted by Gasteiger charge is 2.31. The Morgan fingerprint density at radius 1 is 1.14 bits per heavy atom. The number of nitrogens with one attached hydrogen (secondary N) is 1. The molecule has 0 saturated heterocycles. The van der Waals surface area contributed by atoms with Crippen LogP contribution in [0.1, 0.15) is 76.0 Å².